The SMILES string of the molecule is COc1ccc(N=C2NC(=O)/C(=C/c3ccc(OS(=O)(=O)c4ccc(C)cc4)c(OC)c3)S2)cc1. The summed E-state index contributed by atoms with van der Waals surface area (Å²) in [4.78, 5) is 17.3. The van der Waals surface area contributed by atoms with Gasteiger partial charge < -0.3 is 19.0 Å². The van der Waals surface area contributed by atoms with Gasteiger partial charge in [0.1, 0.15) is 10.6 Å². The molecule has 3 aromatic rings. The Morgan fingerprint density at radius 2 is 1.63 bits per heavy atom. The van der Waals surface area contributed by atoms with Gasteiger partial charge in [-0.2, -0.15) is 8.42 Å². The predicted molar refractivity (Wildman–Crippen MR) is 136 cm³/mol. The summed E-state index contributed by atoms with van der Waals surface area (Å²) in [5, 5.41) is 3.18. The van der Waals surface area contributed by atoms with Crippen molar-refractivity contribution in [2.75, 3.05) is 14.2 Å². The summed E-state index contributed by atoms with van der Waals surface area (Å²) < 4.78 is 41.1. The Labute approximate surface area is 207 Å². The highest BCUT2D eigenvalue weighted by Gasteiger charge is 2.24. The van der Waals surface area contributed by atoms with E-state index in [4.69, 9.17) is 13.7 Å². The van der Waals surface area contributed by atoms with Crippen molar-refractivity contribution >= 4 is 44.7 Å². The number of nitrogens with one attached hydrogen (secondary N) is 1. The second kappa shape index (κ2) is 10.2. The summed E-state index contributed by atoms with van der Waals surface area (Å²) in [6.45, 7) is 1.87. The van der Waals surface area contributed by atoms with E-state index in [1.54, 1.807) is 61.7 Å². The first kappa shape index (κ1) is 24.4. The van der Waals surface area contributed by atoms with Crippen molar-refractivity contribution in [1.29, 1.82) is 0 Å². The zero-order valence-electron chi connectivity index (χ0n) is 19.1. The van der Waals surface area contributed by atoms with Crippen LogP contribution in [-0.4, -0.2) is 33.7 Å². The fourth-order valence-corrected chi connectivity index (χ4v) is 4.90. The van der Waals surface area contributed by atoms with E-state index >= 15 is 0 Å². The molecular weight excluding hydrogens is 488 g/mol. The highest BCUT2D eigenvalue weighted by atomic mass is 32.2. The molecule has 35 heavy (non-hydrogen) atoms. The van der Waals surface area contributed by atoms with Crippen molar-refractivity contribution in [3.05, 3.63) is 82.8 Å². The number of aryl methyl sites for hydroxylation is 1. The van der Waals surface area contributed by atoms with E-state index in [0.717, 1.165) is 5.56 Å². The number of rotatable bonds is 7. The maximum Gasteiger partial charge on any atom is 0.339 e. The molecule has 1 fully saturated rings. The molecule has 10 heteroatoms. The second-order valence-electron chi connectivity index (χ2n) is 7.44. The van der Waals surface area contributed by atoms with Crippen LogP contribution in [0.5, 0.6) is 17.2 Å². The minimum absolute atomic E-state index is 0.0408. The van der Waals surface area contributed by atoms with E-state index in [1.807, 2.05) is 6.92 Å². The molecule has 3 aromatic carbocycles. The van der Waals surface area contributed by atoms with Crippen LogP contribution in [0.15, 0.2) is 81.5 Å². The number of amidine groups is 1. The Balaban J connectivity index is 1.53. The van der Waals surface area contributed by atoms with Crippen molar-refractivity contribution in [3.8, 4) is 17.2 Å². The topological polar surface area (TPSA) is 103 Å². The molecule has 0 aliphatic carbocycles. The second-order valence-corrected chi connectivity index (χ2v) is 10.0. The molecule has 0 aromatic heterocycles. The molecule has 0 atom stereocenters. The fourth-order valence-electron chi connectivity index (χ4n) is 3.12. The van der Waals surface area contributed by atoms with Crippen LogP contribution in [0.3, 0.4) is 0 Å². The highest BCUT2D eigenvalue weighted by molar-refractivity contribution is 8.18. The molecule has 0 saturated carbocycles. The third kappa shape index (κ3) is 5.84. The lowest BCUT2D eigenvalue weighted by molar-refractivity contribution is -0.115. The van der Waals surface area contributed by atoms with Gasteiger partial charge in [0.25, 0.3) is 5.91 Å². The average Bonchev–Trinajstić information content (AvgIpc) is 3.18. The molecule has 8 nitrogen and oxygen atoms in total. The van der Waals surface area contributed by atoms with Crippen molar-refractivity contribution in [3.63, 3.8) is 0 Å². The van der Waals surface area contributed by atoms with Gasteiger partial charge in [0.05, 0.1) is 24.8 Å². The summed E-state index contributed by atoms with van der Waals surface area (Å²) in [7, 11) is -1.04. The number of thioether (sulfide) groups is 1. The number of nitrogens with zero attached hydrogens (tertiary/aromatic N) is 1. The van der Waals surface area contributed by atoms with E-state index in [2.05, 4.69) is 10.3 Å². The van der Waals surface area contributed by atoms with E-state index < -0.39 is 10.1 Å². The van der Waals surface area contributed by atoms with Gasteiger partial charge >= 0.3 is 10.1 Å². The third-order valence-electron chi connectivity index (χ3n) is 4.95. The first-order valence-electron chi connectivity index (χ1n) is 10.4. The Hall–Kier alpha value is -3.76. The van der Waals surface area contributed by atoms with Crippen LogP contribution in [0.1, 0.15) is 11.1 Å². The highest BCUT2D eigenvalue weighted by Crippen LogP contribution is 2.34. The van der Waals surface area contributed by atoms with Crippen LogP contribution in [0.25, 0.3) is 6.08 Å². The molecule has 1 aliphatic heterocycles. The minimum atomic E-state index is -4.04. The lowest BCUT2D eigenvalue weighted by atomic mass is 10.2. The first-order chi connectivity index (χ1) is 16.8. The maximum atomic E-state index is 12.6. The monoisotopic (exact) mass is 510 g/mol. The van der Waals surface area contributed by atoms with Gasteiger partial charge in [0, 0.05) is 0 Å². The number of ether oxygens (including phenoxy) is 2. The predicted octanol–water partition coefficient (Wildman–Crippen LogP) is 4.67. The van der Waals surface area contributed by atoms with Crippen molar-refractivity contribution in [2.24, 2.45) is 4.99 Å². The third-order valence-corrected chi connectivity index (χ3v) is 7.11. The zero-order chi connectivity index (χ0) is 25.0. The van der Waals surface area contributed by atoms with Crippen molar-refractivity contribution in [2.45, 2.75) is 11.8 Å². The van der Waals surface area contributed by atoms with E-state index in [9.17, 15) is 13.2 Å². The van der Waals surface area contributed by atoms with Gasteiger partial charge in [-0.3, -0.25) is 4.79 Å². The van der Waals surface area contributed by atoms with Crippen molar-refractivity contribution in [1.82, 2.24) is 5.32 Å². The zero-order valence-corrected chi connectivity index (χ0v) is 20.8. The number of benzene rings is 3. The number of hydrogen-bond acceptors (Lipinski definition) is 8. The Morgan fingerprint density at radius 3 is 2.29 bits per heavy atom. The Morgan fingerprint density at radius 1 is 0.914 bits per heavy atom. The molecule has 1 saturated heterocycles. The van der Waals surface area contributed by atoms with Crippen LogP contribution < -0.4 is 19.0 Å². The normalized spacial score (nSPS) is 15.8. The van der Waals surface area contributed by atoms with Gasteiger partial charge in [-0.05, 0) is 78.9 Å². The largest absolute Gasteiger partial charge is 0.497 e. The van der Waals surface area contributed by atoms with E-state index in [1.165, 1.54) is 37.1 Å². The number of methoxy groups -OCH3 is 2. The molecular formula is C25H22N2O6S2. The summed E-state index contributed by atoms with van der Waals surface area (Å²) in [5.41, 5.74) is 2.24. The smallest absolute Gasteiger partial charge is 0.339 e. The maximum absolute atomic E-state index is 12.6. The van der Waals surface area contributed by atoms with Gasteiger partial charge in [-0.1, -0.05) is 23.8 Å². The Bertz CT molecular complexity index is 1410. The Kier molecular flexibility index (Phi) is 7.13. The number of amides is 1. The summed E-state index contributed by atoms with van der Waals surface area (Å²) in [6, 6.07) is 18.2. The first-order valence-corrected chi connectivity index (χ1v) is 12.6. The van der Waals surface area contributed by atoms with Crippen LogP contribution >= 0.6 is 11.8 Å². The van der Waals surface area contributed by atoms with Crippen LogP contribution in [0, 0.1) is 6.92 Å². The van der Waals surface area contributed by atoms with E-state index in [0.29, 0.717) is 27.1 Å². The van der Waals surface area contributed by atoms with E-state index in [-0.39, 0.29) is 22.3 Å². The van der Waals surface area contributed by atoms with Gasteiger partial charge in [-0.25, -0.2) is 4.99 Å². The molecule has 4 rings (SSSR count). The minimum Gasteiger partial charge on any atom is -0.497 e. The summed E-state index contributed by atoms with van der Waals surface area (Å²) in [5.74, 6) is 0.681. The number of aliphatic imine (C=N–C) groups is 1. The standard InChI is InChI=1S/C25H22N2O6S2/c1-16-4-11-20(12-5-16)35(29,30)33-21-13-6-17(14-22(21)32-3)15-23-24(28)27-25(34-23)26-18-7-9-19(31-2)10-8-18/h4-15H,1-3H3,(H,26,27,28)/b23-15-. The number of carbonyl (C=O) groups excluding carboxylic acids is 1. The summed E-state index contributed by atoms with van der Waals surface area (Å²) >= 11 is 1.20. The van der Waals surface area contributed by atoms with Crippen LogP contribution in [0.2, 0.25) is 0 Å². The van der Waals surface area contributed by atoms with Gasteiger partial charge in [0.2, 0.25) is 0 Å². The van der Waals surface area contributed by atoms with Crippen LogP contribution in [0.4, 0.5) is 5.69 Å². The van der Waals surface area contributed by atoms with Gasteiger partial charge in [0.15, 0.2) is 16.7 Å². The van der Waals surface area contributed by atoms with Crippen molar-refractivity contribution < 1.29 is 26.9 Å². The number of hydrogen-bond donors (Lipinski definition) is 1. The molecule has 0 spiro atoms. The van der Waals surface area contributed by atoms with Gasteiger partial charge in [-0.15, -0.1) is 0 Å². The molecule has 1 heterocycles. The molecule has 1 N–H and O–H groups in total. The number of carbonyl (C=O) groups is 1. The molecule has 0 radical (unpaired) electrons. The molecule has 1 aliphatic rings. The molecule has 180 valence electrons. The quantitative estimate of drug-likeness (QED) is 0.364. The lowest BCUT2D eigenvalue weighted by Crippen LogP contribution is -2.19. The fraction of sp³-hybridized carbons (Fsp3) is 0.120. The lowest BCUT2D eigenvalue weighted by Gasteiger charge is -2.11. The molecule has 0 bridgehead atoms. The molecule has 0 unspecified atom stereocenters. The molecule has 1 amide bonds. The van der Waals surface area contributed by atoms with Crippen LogP contribution in [-0.2, 0) is 14.9 Å². The summed E-state index contributed by atoms with van der Waals surface area (Å²) in [6.07, 6.45) is 1.66. The average molecular weight is 511 g/mol.